The Bertz CT molecular complexity index is 941. The van der Waals surface area contributed by atoms with Crippen LogP contribution in [0.3, 0.4) is 0 Å². The summed E-state index contributed by atoms with van der Waals surface area (Å²) >= 11 is 6.46. The zero-order chi connectivity index (χ0) is 20.1. The quantitative estimate of drug-likeness (QED) is 0.557. The van der Waals surface area contributed by atoms with Crippen LogP contribution in [0.25, 0.3) is 11.1 Å². The molecule has 3 aromatic heterocycles. The van der Waals surface area contributed by atoms with Crippen molar-refractivity contribution in [3.63, 3.8) is 0 Å². The lowest BCUT2D eigenvalue weighted by Gasteiger charge is -2.27. The van der Waals surface area contributed by atoms with Crippen molar-refractivity contribution in [2.24, 2.45) is 5.73 Å². The Morgan fingerprint density at radius 2 is 1.79 bits per heavy atom. The first-order chi connectivity index (χ1) is 14.2. The fourth-order valence-electron chi connectivity index (χ4n) is 3.60. The van der Waals surface area contributed by atoms with E-state index in [4.69, 9.17) is 17.3 Å². The number of nitrogens with two attached hydrogens (primary N) is 1. The number of anilines is 2. The highest BCUT2D eigenvalue weighted by Gasteiger charge is 2.19. The van der Waals surface area contributed by atoms with Gasteiger partial charge in [-0.05, 0) is 55.5 Å². The van der Waals surface area contributed by atoms with Gasteiger partial charge >= 0.3 is 0 Å². The Balaban J connectivity index is 1.48. The summed E-state index contributed by atoms with van der Waals surface area (Å²) in [5.41, 5.74) is 9.96. The zero-order valence-corrected chi connectivity index (χ0v) is 16.9. The van der Waals surface area contributed by atoms with Crippen LogP contribution in [0.5, 0.6) is 0 Å². The molecule has 3 aromatic rings. The van der Waals surface area contributed by atoms with Gasteiger partial charge in [0.25, 0.3) is 0 Å². The molecule has 150 valence electrons. The lowest BCUT2D eigenvalue weighted by molar-refractivity contribution is 0.410. The molecular formula is C22H25ClN6. The molecule has 0 radical (unpaired) electrons. The molecule has 29 heavy (non-hydrogen) atoms. The molecular weight excluding hydrogens is 384 g/mol. The number of pyridine rings is 3. The van der Waals surface area contributed by atoms with E-state index in [-0.39, 0.29) is 0 Å². The van der Waals surface area contributed by atoms with Crippen LogP contribution in [0.4, 0.5) is 11.5 Å². The smallest absolute Gasteiger partial charge is 0.126 e. The normalized spacial score (nSPS) is 19.0. The number of nitrogens with zero attached hydrogens (tertiary/aromatic N) is 3. The minimum Gasteiger partial charge on any atom is -0.380 e. The lowest BCUT2D eigenvalue weighted by Crippen LogP contribution is -2.33. The molecule has 0 saturated heterocycles. The number of aromatic nitrogens is 3. The first kappa shape index (κ1) is 19.6. The van der Waals surface area contributed by atoms with E-state index in [2.05, 4.69) is 31.7 Å². The molecule has 1 saturated carbocycles. The molecule has 4 N–H and O–H groups in total. The first-order valence-corrected chi connectivity index (χ1v) is 10.3. The molecule has 1 aliphatic rings. The van der Waals surface area contributed by atoms with Crippen LogP contribution >= 0.6 is 11.6 Å². The minimum absolute atomic E-state index is 0.329. The predicted molar refractivity (Wildman–Crippen MR) is 118 cm³/mol. The SMILES string of the molecule is NC1CCC(Nc2cc(-c3cncc(NCc4ccncc4)c3)c(Cl)cn2)CC1. The molecule has 0 aromatic carbocycles. The Hall–Kier alpha value is -2.70. The van der Waals surface area contributed by atoms with Gasteiger partial charge in [0.05, 0.1) is 10.7 Å². The molecule has 1 aliphatic carbocycles. The highest BCUT2D eigenvalue weighted by molar-refractivity contribution is 6.33. The van der Waals surface area contributed by atoms with E-state index in [1.54, 1.807) is 18.6 Å². The fourth-order valence-corrected chi connectivity index (χ4v) is 3.81. The Morgan fingerprint density at radius 3 is 2.59 bits per heavy atom. The van der Waals surface area contributed by atoms with Crippen LogP contribution in [-0.2, 0) is 6.54 Å². The number of halogens is 1. The highest BCUT2D eigenvalue weighted by atomic mass is 35.5. The summed E-state index contributed by atoms with van der Waals surface area (Å²) in [4.78, 5) is 12.9. The summed E-state index contributed by atoms with van der Waals surface area (Å²) in [5, 5.41) is 7.54. The molecule has 0 bridgehead atoms. The minimum atomic E-state index is 0.329. The molecule has 4 rings (SSSR count). The molecule has 0 atom stereocenters. The van der Waals surface area contributed by atoms with E-state index < -0.39 is 0 Å². The third-order valence-corrected chi connectivity index (χ3v) is 5.58. The Labute approximate surface area is 175 Å². The standard InChI is InChI=1S/C22H25ClN6/c23-21-14-28-22(29-18-3-1-17(24)2-4-18)10-20(21)16-9-19(13-26-12-16)27-11-15-5-7-25-8-6-15/h5-10,12-14,17-18,27H,1-4,11,24H2,(H,28,29). The van der Waals surface area contributed by atoms with Crippen molar-refractivity contribution in [2.75, 3.05) is 10.6 Å². The van der Waals surface area contributed by atoms with Gasteiger partial charge in [-0.3, -0.25) is 9.97 Å². The van der Waals surface area contributed by atoms with E-state index in [0.717, 1.165) is 53.9 Å². The van der Waals surface area contributed by atoms with Crippen molar-refractivity contribution in [2.45, 2.75) is 44.3 Å². The lowest BCUT2D eigenvalue weighted by atomic mass is 9.92. The summed E-state index contributed by atoms with van der Waals surface area (Å²) in [6, 6.07) is 8.76. The second-order valence-electron chi connectivity index (χ2n) is 7.48. The summed E-state index contributed by atoms with van der Waals surface area (Å²) in [5.74, 6) is 0.833. The van der Waals surface area contributed by atoms with Gasteiger partial charge in [-0.1, -0.05) is 11.6 Å². The third kappa shape index (κ3) is 5.22. The highest BCUT2D eigenvalue weighted by Crippen LogP contribution is 2.31. The maximum atomic E-state index is 6.46. The summed E-state index contributed by atoms with van der Waals surface area (Å²) in [6.45, 7) is 0.703. The maximum Gasteiger partial charge on any atom is 0.126 e. The van der Waals surface area contributed by atoms with Gasteiger partial charge in [0.1, 0.15) is 5.82 Å². The van der Waals surface area contributed by atoms with Gasteiger partial charge in [0.15, 0.2) is 0 Å². The second kappa shape index (κ2) is 9.20. The van der Waals surface area contributed by atoms with Crippen LogP contribution in [0.1, 0.15) is 31.2 Å². The molecule has 6 nitrogen and oxygen atoms in total. The van der Waals surface area contributed by atoms with Crippen molar-refractivity contribution in [1.82, 2.24) is 15.0 Å². The Kier molecular flexibility index (Phi) is 6.22. The molecule has 1 fully saturated rings. The average molecular weight is 409 g/mol. The van der Waals surface area contributed by atoms with Crippen molar-refractivity contribution >= 4 is 23.1 Å². The first-order valence-electron chi connectivity index (χ1n) is 9.93. The van der Waals surface area contributed by atoms with E-state index in [1.165, 1.54) is 0 Å². The van der Waals surface area contributed by atoms with Gasteiger partial charge in [0.2, 0.25) is 0 Å². The van der Waals surface area contributed by atoms with Gasteiger partial charge in [-0.2, -0.15) is 0 Å². The average Bonchev–Trinajstić information content (AvgIpc) is 2.76. The Morgan fingerprint density at radius 1 is 1.00 bits per heavy atom. The van der Waals surface area contributed by atoms with Crippen LogP contribution < -0.4 is 16.4 Å². The third-order valence-electron chi connectivity index (χ3n) is 5.27. The molecule has 0 aliphatic heterocycles. The molecule has 3 heterocycles. The van der Waals surface area contributed by atoms with Crippen molar-refractivity contribution in [3.05, 3.63) is 65.8 Å². The molecule has 0 spiro atoms. The van der Waals surface area contributed by atoms with Crippen LogP contribution in [-0.4, -0.2) is 27.0 Å². The zero-order valence-electron chi connectivity index (χ0n) is 16.2. The number of rotatable bonds is 6. The topological polar surface area (TPSA) is 88.8 Å². The fraction of sp³-hybridized carbons (Fsp3) is 0.318. The molecule has 0 unspecified atom stereocenters. The van der Waals surface area contributed by atoms with E-state index in [9.17, 15) is 0 Å². The summed E-state index contributed by atoms with van der Waals surface area (Å²) in [6.07, 6.45) is 13.1. The molecule has 7 heteroatoms. The van der Waals surface area contributed by atoms with Crippen LogP contribution in [0.2, 0.25) is 5.02 Å². The van der Waals surface area contributed by atoms with Crippen molar-refractivity contribution in [3.8, 4) is 11.1 Å². The second-order valence-corrected chi connectivity index (χ2v) is 7.88. The monoisotopic (exact) mass is 408 g/mol. The number of hydrogen-bond acceptors (Lipinski definition) is 6. The van der Waals surface area contributed by atoms with Gasteiger partial charge < -0.3 is 16.4 Å². The van der Waals surface area contributed by atoms with Gasteiger partial charge in [-0.25, -0.2) is 4.98 Å². The van der Waals surface area contributed by atoms with E-state index >= 15 is 0 Å². The summed E-state index contributed by atoms with van der Waals surface area (Å²) < 4.78 is 0. The van der Waals surface area contributed by atoms with Crippen LogP contribution in [0, 0.1) is 0 Å². The molecule has 0 amide bonds. The van der Waals surface area contributed by atoms with Crippen molar-refractivity contribution in [1.29, 1.82) is 0 Å². The van der Waals surface area contributed by atoms with Crippen LogP contribution in [0.15, 0.2) is 55.2 Å². The predicted octanol–water partition coefficient (Wildman–Crippen LogP) is 4.49. The van der Waals surface area contributed by atoms with E-state index in [0.29, 0.717) is 23.7 Å². The largest absolute Gasteiger partial charge is 0.380 e. The number of hydrogen-bond donors (Lipinski definition) is 3. The van der Waals surface area contributed by atoms with Crippen molar-refractivity contribution < 1.29 is 0 Å². The van der Waals surface area contributed by atoms with E-state index in [1.807, 2.05) is 30.6 Å². The number of nitrogens with one attached hydrogen (secondary N) is 2. The maximum absolute atomic E-state index is 6.46. The summed E-state index contributed by atoms with van der Waals surface area (Å²) in [7, 11) is 0. The van der Waals surface area contributed by atoms with Gasteiger partial charge in [-0.15, -0.1) is 0 Å². The van der Waals surface area contributed by atoms with Gasteiger partial charge in [0, 0.05) is 60.7 Å².